The highest BCUT2D eigenvalue weighted by atomic mass is 32.2. The van der Waals surface area contributed by atoms with Crippen molar-refractivity contribution in [3.05, 3.63) is 59.7 Å². The van der Waals surface area contributed by atoms with E-state index in [9.17, 15) is 9.59 Å². The molecule has 0 aliphatic heterocycles. The van der Waals surface area contributed by atoms with Crippen molar-refractivity contribution in [1.29, 1.82) is 0 Å². The highest BCUT2D eigenvalue weighted by Gasteiger charge is 2.12. The van der Waals surface area contributed by atoms with E-state index >= 15 is 0 Å². The Morgan fingerprint density at radius 3 is 2.40 bits per heavy atom. The first kappa shape index (κ1) is 21.8. The van der Waals surface area contributed by atoms with Crippen molar-refractivity contribution in [2.24, 2.45) is 0 Å². The van der Waals surface area contributed by atoms with Crippen LogP contribution in [0.4, 0.5) is 10.8 Å². The van der Waals surface area contributed by atoms with E-state index in [1.807, 2.05) is 31.2 Å². The van der Waals surface area contributed by atoms with Crippen molar-refractivity contribution in [2.75, 3.05) is 23.0 Å². The number of ether oxygens (including phenoxy) is 1. The molecule has 3 rings (SSSR count). The Bertz CT molecular complexity index is 988. The molecule has 1 aromatic heterocycles. The lowest BCUT2D eigenvalue weighted by Crippen LogP contribution is -2.13. The number of carbonyl (C=O) groups excluding carboxylic acids is 2. The fourth-order valence-electron chi connectivity index (χ4n) is 2.51. The summed E-state index contributed by atoms with van der Waals surface area (Å²) in [7, 11) is 0. The number of nitrogens with zero attached hydrogens (tertiary/aromatic N) is 2. The number of benzene rings is 2. The van der Waals surface area contributed by atoms with E-state index in [0.717, 1.165) is 12.1 Å². The van der Waals surface area contributed by atoms with E-state index in [2.05, 4.69) is 27.8 Å². The van der Waals surface area contributed by atoms with Gasteiger partial charge in [0.15, 0.2) is 4.34 Å². The third-order valence-electron chi connectivity index (χ3n) is 4.03. The minimum atomic E-state index is -0.279. The molecule has 0 saturated heterocycles. The molecular weight excluding hydrogens is 420 g/mol. The van der Waals surface area contributed by atoms with E-state index in [1.54, 1.807) is 24.3 Å². The van der Waals surface area contributed by atoms with Gasteiger partial charge in [-0.3, -0.25) is 14.9 Å². The van der Waals surface area contributed by atoms with Crippen LogP contribution in [-0.2, 0) is 11.2 Å². The predicted octanol–water partition coefficient (Wildman–Crippen LogP) is 4.48. The molecule has 2 N–H and O–H groups in total. The molecule has 2 aromatic carbocycles. The first-order chi connectivity index (χ1) is 14.6. The number of carbonyl (C=O) groups is 2. The van der Waals surface area contributed by atoms with Crippen molar-refractivity contribution >= 4 is 45.7 Å². The second-order valence-corrected chi connectivity index (χ2v) is 8.37. The maximum atomic E-state index is 12.3. The van der Waals surface area contributed by atoms with Gasteiger partial charge in [-0.15, -0.1) is 10.2 Å². The average molecular weight is 443 g/mol. The number of hydrogen-bond acceptors (Lipinski definition) is 7. The molecule has 3 aromatic rings. The van der Waals surface area contributed by atoms with Crippen molar-refractivity contribution in [2.45, 2.75) is 24.6 Å². The Hall–Kier alpha value is -2.91. The average Bonchev–Trinajstić information content (AvgIpc) is 3.21. The van der Waals surface area contributed by atoms with Gasteiger partial charge in [-0.1, -0.05) is 42.2 Å². The molecule has 0 spiro atoms. The monoisotopic (exact) mass is 442 g/mol. The van der Waals surface area contributed by atoms with E-state index in [0.29, 0.717) is 27.4 Å². The van der Waals surface area contributed by atoms with E-state index in [4.69, 9.17) is 4.74 Å². The molecule has 0 atom stereocenters. The van der Waals surface area contributed by atoms with Gasteiger partial charge >= 0.3 is 0 Å². The van der Waals surface area contributed by atoms with Crippen LogP contribution in [0.5, 0.6) is 5.75 Å². The summed E-state index contributed by atoms with van der Waals surface area (Å²) in [4.78, 5) is 24.5. The van der Waals surface area contributed by atoms with Gasteiger partial charge in [0.2, 0.25) is 11.0 Å². The highest BCUT2D eigenvalue weighted by Crippen LogP contribution is 2.26. The summed E-state index contributed by atoms with van der Waals surface area (Å²) >= 11 is 2.50. The summed E-state index contributed by atoms with van der Waals surface area (Å²) in [5.74, 6) is 0.512. The van der Waals surface area contributed by atoms with Gasteiger partial charge in [-0.05, 0) is 55.3 Å². The molecule has 0 aliphatic carbocycles. The normalized spacial score (nSPS) is 10.5. The molecule has 0 radical (unpaired) electrons. The van der Waals surface area contributed by atoms with Gasteiger partial charge in [0.05, 0.1) is 12.4 Å². The fourth-order valence-corrected chi connectivity index (χ4v) is 4.05. The number of thioether (sulfide) groups is 1. The summed E-state index contributed by atoms with van der Waals surface area (Å²) in [6.07, 6.45) is 0.957. The third kappa shape index (κ3) is 6.30. The maximum Gasteiger partial charge on any atom is 0.257 e. The lowest BCUT2D eigenvalue weighted by atomic mass is 10.1. The zero-order chi connectivity index (χ0) is 21.3. The maximum absolute atomic E-state index is 12.3. The summed E-state index contributed by atoms with van der Waals surface area (Å²) in [5.41, 5.74) is 2.48. The number of amides is 2. The largest absolute Gasteiger partial charge is 0.494 e. The minimum absolute atomic E-state index is 0.126. The fraction of sp³-hybridized carbons (Fsp3) is 0.238. The summed E-state index contributed by atoms with van der Waals surface area (Å²) in [5, 5.41) is 13.9. The molecule has 0 unspecified atom stereocenters. The predicted molar refractivity (Wildman–Crippen MR) is 121 cm³/mol. The van der Waals surface area contributed by atoms with Crippen LogP contribution in [0.15, 0.2) is 52.9 Å². The van der Waals surface area contributed by atoms with Crippen molar-refractivity contribution < 1.29 is 14.3 Å². The van der Waals surface area contributed by atoms with Crippen molar-refractivity contribution in [3.63, 3.8) is 0 Å². The first-order valence-electron chi connectivity index (χ1n) is 9.46. The van der Waals surface area contributed by atoms with Crippen LogP contribution in [-0.4, -0.2) is 34.4 Å². The van der Waals surface area contributed by atoms with Crippen LogP contribution in [0, 0.1) is 0 Å². The van der Waals surface area contributed by atoms with Gasteiger partial charge in [0.25, 0.3) is 5.91 Å². The van der Waals surface area contributed by atoms with E-state index < -0.39 is 0 Å². The zero-order valence-corrected chi connectivity index (χ0v) is 18.3. The molecule has 30 heavy (non-hydrogen) atoms. The lowest BCUT2D eigenvalue weighted by molar-refractivity contribution is -0.113. The molecule has 0 bridgehead atoms. The molecule has 0 aliphatic rings. The smallest absolute Gasteiger partial charge is 0.257 e. The van der Waals surface area contributed by atoms with Gasteiger partial charge in [0, 0.05) is 11.3 Å². The quantitative estimate of drug-likeness (QED) is 0.375. The van der Waals surface area contributed by atoms with Gasteiger partial charge < -0.3 is 10.1 Å². The van der Waals surface area contributed by atoms with E-state index in [1.165, 1.54) is 28.7 Å². The highest BCUT2D eigenvalue weighted by molar-refractivity contribution is 8.01. The van der Waals surface area contributed by atoms with Crippen LogP contribution in [0.1, 0.15) is 29.8 Å². The van der Waals surface area contributed by atoms with Crippen LogP contribution in [0.2, 0.25) is 0 Å². The second kappa shape index (κ2) is 10.7. The summed E-state index contributed by atoms with van der Waals surface area (Å²) in [6, 6.07) is 14.6. The van der Waals surface area contributed by atoms with Crippen LogP contribution >= 0.6 is 23.1 Å². The summed E-state index contributed by atoms with van der Waals surface area (Å²) < 4.78 is 5.97. The van der Waals surface area contributed by atoms with E-state index in [-0.39, 0.29) is 17.6 Å². The Labute approximate surface area is 183 Å². The standard InChI is InChI=1S/C21H22N4O3S2/c1-3-14-5-9-16(10-6-14)22-18(26)13-29-21-25-24-20(30-21)23-19(27)15-7-11-17(12-8-15)28-4-2/h5-12H,3-4,13H2,1-2H3,(H,22,26)(H,23,24,27). The van der Waals surface area contributed by atoms with Crippen molar-refractivity contribution in [3.8, 4) is 5.75 Å². The van der Waals surface area contributed by atoms with Crippen LogP contribution < -0.4 is 15.4 Å². The second-order valence-electron chi connectivity index (χ2n) is 6.17. The molecule has 7 nitrogen and oxygen atoms in total. The van der Waals surface area contributed by atoms with Gasteiger partial charge in [0.1, 0.15) is 5.75 Å². The number of nitrogens with one attached hydrogen (secondary N) is 2. The molecule has 1 heterocycles. The Balaban J connectivity index is 1.48. The molecule has 0 saturated carbocycles. The van der Waals surface area contributed by atoms with Gasteiger partial charge in [-0.25, -0.2) is 0 Å². The Morgan fingerprint density at radius 1 is 1.00 bits per heavy atom. The molecule has 9 heteroatoms. The lowest BCUT2D eigenvalue weighted by Gasteiger charge is -2.05. The van der Waals surface area contributed by atoms with Gasteiger partial charge in [-0.2, -0.15) is 0 Å². The van der Waals surface area contributed by atoms with Crippen LogP contribution in [0.25, 0.3) is 0 Å². The third-order valence-corrected chi connectivity index (χ3v) is 6.00. The zero-order valence-electron chi connectivity index (χ0n) is 16.7. The van der Waals surface area contributed by atoms with Crippen molar-refractivity contribution in [1.82, 2.24) is 10.2 Å². The Morgan fingerprint density at radius 2 is 1.73 bits per heavy atom. The number of rotatable bonds is 9. The number of hydrogen-bond donors (Lipinski definition) is 2. The first-order valence-corrected chi connectivity index (χ1v) is 11.3. The Kier molecular flexibility index (Phi) is 7.81. The summed E-state index contributed by atoms with van der Waals surface area (Å²) in [6.45, 7) is 4.56. The number of aromatic nitrogens is 2. The SMILES string of the molecule is CCOc1ccc(C(=O)Nc2nnc(SCC(=O)Nc3ccc(CC)cc3)s2)cc1. The molecular formula is C21H22N4O3S2. The van der Waals surface area contributed by atoms with Crippen LogP contribution in [0.3, 0.4) is 0 Å². The molecule has 0 fully saturated rings. The minimum Gasteiger partial charge on any atom is -0.494 e. The number of anilines is 2. The molecule has 156 valence electrons. The topological polar surface area (TPSA) is 93.2 Å². The molecule has 2 amide bonds. The number of aryl methyl sites for hydroxylation is 1.